The van der Waals surface area contributed by atoms with E-state index in [0.29, 0.717) is 6.42 Å². The van der Waals surface area contributed by atoms with E-state index in [1.54, 1.807) is 0 Å². The van der Waals surface area contributed by atoms with Crippen molar-refractivity contribution in [1.82, 2.24) is 0 Å². The predicted octanol–water partition coefficient (Wildman–Crippen LogP) is 5.62. The van der Waals surface area contributed by atoms with Gasteiger partial charge in [0.25, 0.3) is 0 Å². The molecule has 3 rings (SSSR count). The lowest BCUT2D eigenvalue weighted by Gasteiger charge is -1.97. The third-order valence-corrected chi connectivity index (χ3v) is 4.18. The number of hydrogen-bond donors (Lipinski definition) is 0. The third kappa shape index (κ3) is 5.66. The molecule has 0 aliphatic carbocycles. The molecule has 0 N–H and O–H groups in total. The Kier molecular flexibility index (Phi) is 6.38. The fourth-order valence-electron chi connectivity index (χ4n) is 1.72. The molecule has 1 aromatic heterocycles. The van der Waals surface area contributed by atoms with Crippen molar-refractivity contribution in [3.8, 4) is 0 Å². The normalized spacial score (nSPS) is 9.57. The summed E-state index contributed by atoms with van der Waals surface area (Å²) in [5.74, 6) is 0.200. The largest absolute Gasteiger partial charge is 0.293 e. The van der Waals surface area contributed by atoms with E-state index in [9.17, 15) is 4.79 Å². The maximum absolute atomic E-state index is 11.7. The van der Waals surface area contributed by atoms with Crippen molar-refractivity contribution in [2.24, 2.45) is 0 Å². The van der Waals surface area contributed by atoms with Crippen molar-refractivity contribution in [3.63, 3.8) is 0 Å². The highest BCUT2D eigenvalue weighted by molar-refractivity contribution is 9.10. The predicted molar refractivity (Wildman–Crippen MR) is 92.9 cm³/mol. The Morgan fingerprint density at radius 2 is 1.48 bits per heavy atom. The van der Waals surface area contributed by atoms with Gasteiger partial charge in [0.1, 0.15) is 0 Å². The number of carbonyl (C=O) groups is 1. The van der Waals surface area contributed by atoms with Gasteiger partial charge in [0.05, 0.1) is 4.88 Å². The van der Waals surface area contributed by atoms with Crippen LogP contribution < -0.4 is 0 Å². The molecule has 106 valence electrons. The first kappa shape index (κ1) is 15.7. The zero-order chi connectivity index (χ0) is 14.9. The number of rotatable bonds is 3. The molecule has 0 spiro atoms. The van der Waals surface area contributed by atoms with E-state index in [-0.39, 0.29) is 5.78 Å². The maximum atomic E-state index is 11.7. The standard InChI is InChI=1S/C12H10OS.C6H5Br/c13-11(12-7-4-8-14-12)9-10-5-2-1-3-6-10;7-6-4-2-1-3-5-6/h1-8H,9H2;1-5H. The molecule has 0 unspecified atom stereocenters. The van der Waals surface area contributed by atoms with Crippen LogP contribution in [0.3, 0.4) is 0 Å². The summed E-state index contributed by atoms with van der Waals surface area (Å²) in [6.45, 7) is 0. The van der Waals surface area contributed by atoms with Crippen molar-refractivity contribution in [2.75, 3.05) is 0 Å². The van der Waals surface area contributed by atoms with Crippen molar-refractivity contribution in [2.45, 2.75) is 6.42 Å². The number of hydrogen-bond acceptors (Lipinski definition) is 2. The zero-order valence-corrected chi connectivity index (χ0v) is 13.8. The summed E-state index contributed by atoms with van der Waals surface area (Å²) < 4.78 is 1.13. The van der Waals surface area contributed by atoms with Gasteiger partial charge in [0, 0.05) is 10.9 Å². The monoisotopic (exact) mass is 358 g/mol. The Morgan fingerprint density at radius 3 is 1.95 bits per heavy atom. The fraction of sp³-hybridized carbons (Fsp3) is 0.0556. The minimum Gasteiger partial charge on any atom is -0.293 e. The highest BCUT2D eigenvalue weighted by Gasteiger charge is 2.06. The minimum absolute atomic E-state index is 0.200. The second-order valence-electron chi connectivity index (χ2n) is 4.36. The molecule has 0 aliphatic heterocycles. The van der Waals surface area contributed by atoms with Gasteiger partial charge in [-0.2, -0.15) is 0 Å². The lowest BCUT2D eigenvalue weighted by Crippen LogP contribution is -2.00. The SMILES string of the molecule is Brc1ccccc1.O=C(Cc1ccccc1)c1cccs1. The summed E-state index contributed by atoms with van der Waals surface area (Å²) in [4.78, 5) is 12.5. The number of thiophene rings is 1. The van der Waals surface area contributed by atoms with Crippen LogP contribution in [0, 0.1) is 0 Å². The van der Waals surface area contributed by atoms with Crippen LogP contribution in [0.25, 0.3) is 0 Å². The number of ketones is 1. The van der Waals surface area contributed by atoms with Crippen LogP contribution in [-0.2, 0) is 6.42 Å². The van der Waals surface area contributed by atoms with Gasteiger partial charge in [0.2, 0.25) is 0 Å². The summed E-state index contributed by atoms with van der Waals surface area (Å²) in [5.41, 5.74) is 1.07. The topological polar surface area (TPSA) is 17.1 Å². The van der Waals surface area contributed by atoms with Crippen LogP contribution >= 0.6 is 27.3 Å². The van der Waals surface area contributed by atoms with Gasteiger partial charge in [-0.05, 0) is 29.1 Å². The summed E-state index contributed by atoms with van der Waals surface area (Å²) in [5, 5.41) is 1.93. The Morgan fingerprint density at radius 1 is 0.857 bits per heavy atom. The van der Waals surface area contributed by atoms with Gasteiger partial charge in [-0.25, -0.2) is 0 Å². The first-order valence-electron chi connectivity index (χ1n) is 6.57. The van der Waals surface area contributed by atoms with E-state index in [4.69, 9.17) is 0 Å². The summed E-state index contributed by atoms with van der Waals surface area (Å²) in [6, 6.07) is 23.6. The number of benzene rings is 2. The first-order valence-corrected chi connectivity index (χ1v) is 8.24. The number of Topliss-reactive ketones (excluding diaryl/α,β-unsaturated/α-hetero) is 1. The van der Waals surface area contributed by atoms with E-state index in [1.807, 2.05) is 78.2 Å². The molecular formula is C18H15BrOS. The van der Waals surface area contributed by atoms with Gasteiger partial charge in [-0.3, -0.25) is 4.79 Å². The van der Waals surface area contributed by atoms with E-state index in [1.165, 1.54) is 11.3 Å². The molecule has 3 heteroatoms. The molecule has 0 bridgehead atoms. The molecule has 0 atom stereocenters. The quantitative estimate of drug-likeness (QED) is 0.555. The first-order chi connectivity index (χ1) is 10.3. The molecule has 3 aromatic rings. The highest BCUT2D eigenvalue weighted by atomic mass is 79.9. The van der Waals surface area contributed by atoms with E-state index in [2.05, 4.69) is 15.9 Å². The summed E-state index contributed by atoms with van der Waals surface area (Å²) >= 11 is 4.81. The van der Waals surface area contributed by atoms with E-state index in [0.717, 1.165) is 14.9 Å². The molecule has 1 nitrogen and oxygen atoms in total. The molecule has 0 fully saturated rings. The molecule has 0 aliphatic rings. The third-order valence-electron chi connectivity index (χ3n) is 2.74. The van der Waals surface area contributed by atoms with Crippen LogP contribution in [0.4, 0.5) is 0 Å². The van der Waals surface area contributed by atoms with Gasteiger partial charge >= 0.3 is 0 Å². The van der Waals surface area contributed by atoms with E-state index >= 15 is 0 Å². The van der Waals surface area contributed by atoms with Crippen LogP contribution in [0.15, 0.2) is 82.6 Å². The lowest BCUT2D eigenvalue weighted by molar-refractivity contribution is 0.0997. The Labute approximate surface area is 137 Å². The molecule has 0 saturated carbocycles. The molecule has 2 aromatic carbocycles. The highest BCUT2D eigenvalue weighted by Crippen LogP contribution is 2.12. The summed E-state index contributed by atoms with van der Waals surface area (Å²) in [6.07, 6.45) is 0.501. The van der Waals surface area contributed by atoms with Gasteiger partial charge in [-0.1, -0.05) is 70.5 Å². The van der Waals surface area contributed by atoms with Crippen molar-refractivity contribution in [1.29, 1.82) is 0 Å². The number of carbonyl (C=O) groups excluding carboxylic acids is 1. The van der Waals surface area contributed by atoms with Crippen LogP contribution in [0.2, 0.25) is 0 Å². The second-order valence-corrected chi connectivity index (χ2v) is 6.22. The van der Waals surface area contributed by atoms with Crippen molar-refractivity contribution < 1.29 is 4.79 Å². The van der Waals surface area contributed by atoms with Crippen LogP contribution in [0.1, 0.15) is 15.2 Å². The van der Waals surface area contributed by atoms with E-state index < -0.39 is 0 Å². The lowest BCUT2D eigenvalue weighted by atomic mass is 10.1. The molecule has 1 heterocycles. The van der Waals surface area contributed by atoms with Crippen molar-refractivity contribution >= 4 is 33.0 Å². The van der Waals surface area contributed by atoms with Gasteiger partial charge in [-0.15, -0.1) is 11.3 Å². The minimum atomic E-state index is 0.200. The molecule has 21 heavy (non-hydrogen) atoms. The molecular weight excluding hydrogens is 344 g/mol. The summed E-state index contributed by atoms with van der Waals surface area (Å²) in [7, 11) is 0. The number of halogens is 1. The smallest absolute Gasteiger partial charge is 0.177 e. The molecule has 0 saturated heterocycles. The van der Waals surface area contributed by atoms with Crippen LogP contribution in [-0.4, -0.2) is 5.78 Å². The average Bonchev–Trinajstić information content (AvgIpc) is 3.04. The zero-order valence-electron chi connectivity index (χ0n) is 11.4. The van der Waals surface area contributed by atoms with Gasteiger partial charge in [0.15, 0.2) is 5.78 Å². The second kappa shape index (κ2) is 8.55. The van der Waals surface area contributed by atoms with Crippen molar-refractivity contribution in [3.05, 3.63) is 93.1 Å². The Hall–Kier alpha value is -1.71. The Balaban J connectivity index is 0.000000194. The Bertz CT molecular complexity index is 648. The van der Waals surface area contributed by atoms with Gasteiger partial charge < -0.3 is 0 Å². The fourth-order valence-corrected chi connectivity index (χ4v) is 2.69. The average molecular weight is 359 g/mol. The van der Waals surface area contributed by atoms with Crippen LogP contribution in [0.5, 0.6) is 0 Å². The molecule has 0 amide bonds. The molecule has 0 radical (unpaired) electrons. The maximum Gasteiger partial charge on any atom is 0.177 e.